The Morgan fingerprint density at radius 1 is 1.38 bits per heavy atom. The zero-order chi connectivity index (χ0) is 17.3. The molecule has 5 nitrogen and oxygen atoms in total. The van der Waals surface area contributed by atoms with Gasteiger partial charge in [-0.2, -0.15) is 0 Å². The van der Waals surface area contributed by atoms with Crippen LogP contribution in [0.5, 0.6) is 0 Å². The van der Waals surface area contributed by atoms with Gasteiger partial charge in [-0.3, -0.25) is 4.79 Å². The Balaban J connectivity index is 1.94. The summed E-state index contributed by atoms with van der Waals surface area (Å²) in [5.74, 6) is -0.0272. The molecule has 2 heterocycles. The monoisotopic (exact) mass is 368 g/mol. The average Bonchev–Trinajstić information content (AvgIpc) is 3.08. The third kappa shape index (κ3) is 3.30. The number of hydrogen-bond acceptors (Lipinski definition) is 3. The van der Waals surface area contributed by atoms with Crippen molar-refractivity contribution in [3.63, 3.8) is 0 Å². The molecule has 1 N–H and O–H groups in total. The van der Waals surface area contributed by atoms with Gasteiger partial charge in [0.15, 0.2) is 9.84 Å². The molecule has 1 aromatic heterocycles. The van der Waals surface area contributed by atoms with E-state index in [9.17, 15) is 13.2 Å². The minimum atomic E-state index is -3.05. The van der Waals surface area contributed by atoms with Crippen molar-refractivity contribution in [2.45, 2.75) is 32.2 Å². The van der Waals surface area contributed by atoms with Gasteiger partial charge in [0.25, 0.3) is 5.91 Å². The second-order valence-corrected chi connectivity index (χ2v) is 8.88. The summed E-state index contributed by atoms with van der Waals surface area (Å²) in [5.41, 5.74) is 1.15. The van der Waals surface area contributed by atoms with Crippen molar-refractivity contribution in [1.82, 2.24) is 9.88 Å². The van der Waals surface area contributed by atoms with Crippen LogP contribution in [0.25, 0.3) is 10.9 Å². The number of fused-ring (bicyclic) bond motifs is 1. The fourth-order valence-corrected chi connectivity index (χ4v) is 5.22. The summed E-state index contributed by atoms with van der Waals surface area (Å²) in [6.45, 7) is 2.59. The quantitative estimate of drug-likeness (QED) is 0.880. The lowest BCUT2D eigenvalue weighted by atomic mass is 10.1. The Kier molecular flexibility index (Phi) is 4.88. The molecule has 0 bridgehead atoms. The van der Waals surface area contributed by atoms with E-state index in [1.807, 2.05) is 31.2 Å². The van der Waals surface area contributed by atoms with E-state index in [-0.39, 0.29) is 23.5 Å². The summed E-state index contributed by atoms with van der Waals surface area (Å²) in [5, 5.41) is 1.20. The molecule has 1 fully saturated rings. The molecular formula is C17H21ClN2O3S. The first-order valence-corrected chi connectivity index (χ1v) is 10.4. The molecule has 0 aliphatic carbocycles. The van der Waals surface area contributed by atoms with E-state index in [1.54, 1.807) is 4.90 Å². The zero-order valence-electron chi connectivity index (χ0n) is 13.6. The van der Waals surface area contributed by atoms with Gasteiger partial charge < -0.3 is 9.88 Å². The number of amides is 1. The van der Waals surface area contributed by atoms with Crippen LogP contribution in [-0.2, 0) is 9.84 Å². The van der Waals surface area contributed by atoms with Gasteiger partial charge in [0.05, 0.1) is 16.5 Å². The Morgan fingerprint density at radius 3 is 2.75 bits per heavy atom. The van der Waals surface area contributed by atoms with E-state index in [2.05, 4.69) is 4.98 Å². The number of sulfone groups is 1. The number of aromatic amines is 1. The maximum absolute atomic E-state index is 13.1. The molecular weight excluding hydrogens is 348 g/mol. The van der Waals surface area contributed by atoms with Crippen LogP contribution < -0.4 is 0 Å². The number of H-pyrrole nitrogens is 1. The minimum Gasteiger partial charge on any atom is -0.349 e. The summed E-state index contributed by atoms with van der Waals surface area (Å²) in [7, 11) is -3.05. The standard InChI is InChI=1S/C17H21ClN2O3S/c1-2-3-9-20(12-8-10-24(22,23)11-12)17(21)16-15(18)13-6-4-5-7-14(13)19-16/h4-7,12,19H,2-3,8-11H2,1H3. The van der Waals surface area contributed by atoms with Crippen LogP contribution in [-0.4, -0.2) is 48.3 Å². The highest BCUT2D eigenvalue weighted by Gasteiger charge is 2.35. The molecule has 3 rings (SSSR count). The van der Waals surface area contributed by atoms with Crippen molar-refractivity contribution < 1.29 is 13.2 Å². The lowest BCUT2D eigenvalue weighted by molar-refractivity contribution is 0.0689. The Hall–Kier alpha value is -1.53. The van der Waals surface area contributed by atoms with E-state index in [4.69, 9.17) is 11.6 Å². The number of carbonyl (C=O) groups is 1. The fourth-order valence-electron chi connectivity index (χ4n) is 3.20. The van der Waals surface area contributed by atoms with Crippen LogP contribution in [0.15, 0.2) is 24.3 Å². The van der Waals surface area contributed by atoms with E-state index in [0.29, 0.717) is 23.7 Å². The molecule has 0 spiro atoms. The molecule has 130 valence electrons. The van der Waals surface area contributed by atoms with E-state index < -0.39 is 9.84 Å². The molecule has 1 amide bonds. The molecule has 1 saturated heterocycles. The average molecular weight is 369 g/mol. The normalized spacial score (nSPS) is 19.7. The first-order valence-electron chi connectivity index (χ1n) is 8.20. The number of hydrogen-bond donors (Lipinski definition) is 1. The molecule has 1 atom stereocenters. The van der Waals surface area contributed by atoms with Gasteiger partial charge in [-0.1, -0.05) is 43.1 Å². The van der Waals surface area contributed by atoms with Crippen molar-refractivity contribution >= 4 is 38.2 Å². The molecule has 24 heavy (non-hydrogen) atoms. The SMILES string of the molecule is CCCCN(C(=O)c1[nH]c2ccccc2c1Cl)C1CCS(=O)(=O)C1. The van der Waals surface area contributed by atoms with Gasteiger partial charge >= 0.3 is 0 Å². The summed E-state index contributed by atoms with van der Waals surface area (Å²) >= 11 is 6.40. The highest BCUT2D eigenvalue weighted by Crippen LogP contribution is 2.29. The van der Waals surface area contributed by atoms with Crippen molar-refractivity contribution in [2.75, 3.05) is 18.1 Å². The van der Waals surface area contributed by atoms with Crippen LogP contribution in [0.1, 0.15) is 36.7 Å². The lowest BCUT2D eigenvalue weighted by Gasteiger charge is -2.28. The number of carbonyl (C=O) groups excluding carboxylic acids is 1. The number of nitrogens with zero attached hydrogens (tertiary/aromatic N) is 1. The van der Waals surface area contributed by atoms with Gasteiger partial charge in [-0.25, -0.2) is 8.42 Å². The predicted molar refractivity (Wildman–Crippen MR) is 96.3 cm³/mol. The van der Waals surface area contributed by atoms with Crippen LogP contribution in [0, 0.1) is 0 Å². The highest BCUT2D eigenvalue weighted by atomic mass is 35.5. The number of benzene rings is 1. The van der Waals surface area contributed by atoms with Crippen molar-refractivity contribution in [3.05, 3.63) is 35.0 Å². The highest BCUT2D eigenvalue weighted by molar-refractivity contribution is 7.91. The van der Waals surface area contributed by atoms with Gasteiger partial charge in [0.2, 0.25) is 0 Å². The number of aromatic nitrogens is 1. The Bertz CT molecular complexity index is 860. The summed E-state index contributed by atoms with van der Waals surface area (Å²) in [6, 6.07) is 7.21. The van der Waals surface area contributed by atoms with Gasteiger partial charge in [-0.05, 0) is 18.9 Å². The lowest BCUT2D eigenvalue weighted by Crippen LogP contribution is -2.42. The largest absolute Gasteiger partial charge is 0.349 e. The molecule has 0 saturated carbocycles. The molecule has 1 aliphatic rings. The second-order valence-electron chi connectivity index (χ2n) is 6.27. The first-order chi connectivity index (χ1) is 11.4. The molecule has 2 aromatic rings. The number of halogens is 1. The number of unbranched alkanes of at least 4 members (excludes halogenated alkanes) is 1. The van der Waals surface area contributed by atoms with E-state index in [1.165, 1.54) is 0 Å². The van der Waals surface area contributed by atoms with Crippen molar-refractivity contribution in [1.29, 1.82) is 0 Å². The third-order valence-corrected chi connectivity index (χ3v) is 6.66. The van der Waals surface area contributed by atoms with Gasteiger partial charge in [0, 0.05) is 23.5 Å². The number of nitrogens with one attached hydrogen (secondary N) is 1. The van der Waals surface area contributed by atoms with Gasteiger partial charge in [-0.15, -0.1) is 0 Å². The van der Waals surface area contributed by atoms with Crippen LogP contribution in [0.4, 0.5) is 0 Å². The van der Waals surface area contributed by atoms with Gasteiger partial charge in [0.1, 0.15) is 5.69 Å². The Morgan fingerprint density at radius 2 is 2.12 bits per heavy atom. The van der Waals surface area contributed by atoms with Crippen molar-refractivity contribution in [2.24, 2.45) is 0 Å². The maximum Gasteiger partial charge on any atom is 0.272 e. The minimum absolute atomic E-state index is 0.0420. The van der Waals surface area contributed by atoms with E-state index in [0.717, 1.165) is 23.7 Å². The zero-order valence-corrected chi connectivity index (χ0v) is 15.2. The molecule has 1 unspecified atom stereocenters. The predicted octanol–water partition coefficient (Wildman–Crippen LogP) is 3.25. The summed E-state index contributed by atoms with van der Waals surface area (Å²) in [4.78, 5) is 17.8. The summed E-state index contributed by atoms with van der Waals surface area (Å²) < 4.78 is 23.6. The first kappa shape index (κ1) is 17.3. The molecule has 0 radical (unpaired) electrons. The van der Waals surface area contributed by atoms with Crippen LogP contribution in [0.2, 0.25) is 5.02 Å². The number of para-hydroxylation sites is 1. The van der Waals surface area contributed by atoms with Crippen LogP contribution in [0.3, 0.4) is 0 Å². The molecule has 7 heteroatoms. The summed E-state index contributed by atoms with van der Waals surface area (Å²) in [6.07, 6.45) is 2.26. The molecule has 1 aromatic carbocycles. The maximum atomic E-state index is 13.1. The third-order valence-electron chi connectivity index (χ3n) is 4.52. The molecule has 1 aliphatic heterocycles. The van der Waals surface area contributed by atoms with Crippen LogP contribution >= 0.6 is 11.6 Å². The van der Waals surface area contributed by atoms with E-state index >= 15 is 0 Å². The van der Waals surface area contributed by atoms with Crippen molar-refractivity contribution in [3.8, 4) is 0 Å². The topological polar surface area (TPSA) is 70.2 Å². The number of rotatable bonds is 5. The fraction of sp³-hybridized carbons (Fsp3) is 0.471. The second kappa shape index (κ2) is 6.76. The smallest absolute Gasteiger partial charge is 0.272 e. The Labute approximate surface area is 146 Å².